The SMILES string of the molecule is Clc1cc2[nH]c(Cl)nc2cn1. The van der Waals surface area contributed by atoms with Crippen LogP contribution >= 0.6 is 23.2 Å². The van der Waals surface area contributed by atoms with E-state index in [0.717, 1.165) is 11.0 Å². The van der Waals surface area contributed by atoms with E-state index >= 15 is 0 Å². The Labute approximate surface area is 72.4 Å². The summed E-state index contributed by atoms with van der Waals surface area (Å²) in [6, 6.07) is 1.68. The van der Waals surface area contributed by atoms with Crippen molar-refractivity contribution in [1.29, 1.82) is 0 Å². The van der Waals surface area contributed by atoms with Crippen LogP contribution in [0.2, 0.25) is 10.4 Å². The Bertz CT molecular complexity index is 396. The number of nitrogens with zero attached hydrogens (tertiary/aromatic N) is 2. The molecule has 0 fully saturated rings. The summed E-state index contributed by atoms with van der Waals surface area (Å²) in [5.74, 6) is 0. The molecular formula is C6H3Cl2N3. The number of rotatable bonds is 0. The Morgan fingerprint density at radius 3 is 3.00 bits per heavy atom. The number of halogens is 2. The van der Waals surface area contributed by atoms with Gasteiger partial charge in [-0.05, 0) is 11.6 Å². The van der Waals surface area contributed by atoms with E-state index in [1.165, 1.54) is 0 Å². The van der Waals surface area contributed by atoms with Crippen molar-refractivity contribution in [3.8, 4) is 0 Å². The molecule has 0 saturated heterocycles. The highest BCUT2D eigenvalue weighted by Crippen LogP contribution is 2.15. The van der Waals surface area contributed by atoms with Gasteiger partial charge in [-0.15, -0.1) is 0 Å². The van der Waals surface area contributed by atoms with Gasteiger partial charge in [0.15, 0.2) is 0 Å². The molecule has 0 aliphatic rings. The smallest absolute Gasteiger partial charge is 0.201 e. The van der Waals surface area contributed by atoms with Crippen molar-refractivity contribution in [3.05, 3.63) is 22.7 Å². The van der Waals surface area contributed by atoms with Crippen molar-refractivity contribution in [2.24, 2.45) is 0 Å². The molecule has 0 atom stereocenters. The average molecular weight is 188 g/mol. The van der Waals surface area contributed by atoms with Crippen LogP contribution < -0.4 is 0 Å². The molecule has 0 aromatic carbocycles. The van der Waals surface area contributed by atoms with Gasteiger partial charge in [-0.3, -0.25) is 0 Å². The quantitative estimate of drug-likeness (QED) is 0.644. The van der Waals surface area contributed by atoms with Crippen molar-refractivity contribution in [2.45, 2.75) is 0 Å². The lowest BCUT2D eigenvalue weighted by Gasteiger charge is -1.86. The zero-order chi connectivity index (χ0) is 7.84. The summed E-state index contributed by atoms with van der Waals surface area (Å²) in [6.07, 6.45) is 1.57. The van der Waals surface area contributed by atoms with Gasteiger partial charge in [0.1, 0.15) is 10.7 Å². The van der Waals surface area contributed by atoms with Crippen LogP contribution in [0.3, 0.4) is 0 Å². The molecule has 2 heterocycles. The normalized spacial score (nSPS) is 10.7. The van der Waals surface area contributed by atoms with Crippen molar-refractivity contribution >= 4 is 34.2 Å². The van der Waals surface area contributed by atoms with Crippen molar-refractivity contribution < 1.29 is 0 Å². The molecule has 0 aliphatic carbocycles. The maximum Gasteiger partial charge on any atom is 0.201 e. The number of imidazole rings is 1. The van der Waals surface area contributed by atoms with E-state index in [2.05, 4.69) is 15.0 Å². The Morgan fingerprint density at radius 2 is 2.18 bits per heavy atom. The van der Waals surface area contributed by atoms with Crippen molar-refractivity contribution in [1.82, 2.24) is 15.0 Å². The largest absolute Gasteiger partial charge is 0.328 e. The fourth-order valence-corrected chi connectivity index (χ4v) is 1.21. The summed E-state index contributed by atoms with van der Waals surface area (Å²) >= 11 is 11.2. The standard InChI is InChI=1S/C6H3Cl2N3/c7-5-1-3-4(2-9-5)11-6(8)10-3/h1-2H,(H,10,11). The summed E-state index contributed by atoms with van der Waals surface area (Å²) in [7, 11) is 0. The van der Waals surface area contributed by atoms with Gasteiger partial charge in [0, 0.05) is 6.07 Å². The lowest BCUT2D eigenvalue weighted by atomic mass is 10.4. The van der Waals surface area contributed by atoms with Crippen LogP contribution in [-0.4, -0.2) is 15.0 Å². The number of hydrogen-bond donors (Lipinski definition) is 1. The van der Waals surface area contributed by atoms with Crippen molar-refractivity contribution in [3.63, 3.8) is 0 Å². The van der Waals surface area contributed by atoms with Crippen LogP contribution in [0.4, 0.5) is 0 Å². The van der Waals surface area contributed by atoms with E-state index in [4.69, 9.17) is 23.2 Å². The maximum atomic E-state index is 5.63. The Morgan fingerprint density at radius 1 is 1.36 bits per heavy atom. The topological polar surface area (TPSA) is 41.6 Å². The summed E-state index contributed by atoms with van der Waals surface area (Å²) in [4.78, 5) is 10.6. The van der Waals surface area contributed by atoms with Gasteiger partial charge >= 0.3 is 0 Å². The van der Waals surface area contributed by atoms with E-state index in [-0.39, 0.29) is 0 Å². The molecule has 0 radical (unpaired) electrons. The molecule has 0 spiro atoms. The zero-order valence-electron chi connectivity index (χ0n) is 5.31. The minimum absolute atomic E-state index is 0.351. The van der Waals surface area contributed by atoms with Gasteiger partial charge in [-0.1, -0.05) is 11.6 Å². The Hall–Kier alpha value is -0.800. The Kier molecular flexibility index (Phi) is 1.47. The van der Waals surface area contributed by atoms with E-state index in [9.17, 15) is 0 Å². The third-order valence-electron chi connectivity index (χ3n) is 1.31. The molecule has 2 aromatic heterocycles. The minimum atomic E-state index is 0.351. The molecule has 0 amide bonds. The van der Waals surface area contributed by atoms with Crippen LogP contribution in [0.15, 0.2) is 12.3 Å². The third kappa shape index (κ3) is 1.17. The number of aromatic amines is 1. The summed E-state index contributed by atoms with van der Waals surface area (Å²) in [5.41, 5.74) is 1.52. The van der Waals surface area contributed by atoms with Gasteiger partial charge in [0.05, 0.1) is 11.7 Å². The second kappa shape index (κ2) is 2.36. The number of nitrogens with one attached hydrogen (secondary N) is 1. The molecule has 0 saturated carbocycles. The number of H-pyrrole nitrogens is 1. The van der Waals surface area contributed by atoms with Crippen LogP contribution in [0, 0.1) is 0 Å². The van der Waals surface area contributed by atoms with Crippen LogP contribution in [-0.2, 0) is 0 Å². The molecule has 3 nitrogen and oxygen atoms in total. The van der Waals surface area contributed by atoms with E-state index < -0.39 is 0 Å². The summed E-state index contributed by atoms with van der Waals surface area (Å²) in [6.45, 7) is 0. The third-order valence-corrected chi connectivity index (χ3v) is 1.69. The van der Waals surface area contributed by atoms with E-state index in [0.29, 0.717) is 10.4 Å². The molecule has 0 aliphatic heterocycles. The first kappa shape index (κ1) is 6.88. The minimum Gasteiger partial charge on any atom is -0.328 e. The first-order valence-electron chi connectivity index (χ1n) is 2.92. The van der Waals surface area contributed by atoms with Gasteiger partial charge in [-0.2, -0.15) is 0 Å². The van der Waals surface area contributed by atoms with Crippen LogP contribution in [0.5, 0.6) is 0 Å². The monoisotopic (exact) mass is 187 g/mol. The van der Waals surface area contributed by atoms with Crippen LogP contribution in [0.1, 0.15) is 0 Å². The highest BCUT2D eigenvalue weighted by atomic mass is 35.5. The van der Waals surface area contributed by atoms with Crippen molar-refractivity contribution in [2.75, 3.05) is 0 Å². The molecule has 2 aromatic rings. The highest BCUT2D eigenvalue weighted by Gasteiger charge is 2.00. The van der Waals surface area contributed by atoms with Gasteiger partial charge < -0.3 is 4.98 Å². The number of hydrogen-bond acceptors (Lipinski definition) is 2. The van der Waals surface area contributed by atoms with Gasteiger partial charge in [-0.25, -0.2) is 9.97 Å². The number of fused-ring (bicyclic) bond motifs is 1. The molecule has 11 heavy (non-hydrogen) atoms. The van der Waals surface area contributed by atoms with E-state index in [1.54, 1.807) is 12.3 Å². The zero-order valence-corrected chi connectivity index (χ0v) is 6.82. The fourth-order valence-electron chi connectivity index (χ4n) is 0.857. The first-order valence-corrected chi connectivity index (χ1v) is 3.68. The summed E-state index contributed by atoms with van der Waals surface area (Å²) in [5, 5.41) is 0.780. The molecule has 56 valence electrons. The first-order chi connectivity index (χ1) is 5.25. The summed E-state index contributed by atoms with van der Waals surface area (Å²) < 4.78 is 0. The molecule has 0 bridgehead atoms. The molecular weight excluding hydrogens is 185 g/mol. The highest BCUT2D eigenvalue weighted by molar-refractivity contribution is 6.30. The number of pyridine rings is 1. The predicted octanol–water partition coefficient (Wildman–Crippen LogP) is 2.26. The maximum absolute atomic E-state index is 5.63. The molecule has 5 heteroatoms. The lowest BCUT2D eigenvalue weighted by molar-refractivity contribution is 1.33. The van der Waals surface area contributed by atoms with Gasteiger partial charge in [0.2, 0.25) is 5.28 Å². The average Bonchev–Trinajstić information content (AvgIpc) is 2.27. The Balaban J connectivity index is 2.82. The predicted molar refractivity (Wildman–Crippen MR) is 43.9 cm³/mol. The van der Waals surface area contributed by atoms with Crippen LogP contribution in [0.25, 0.3) is 11.0 Å². The molecule has 2 rings (SSSR count). The molecule has 0 unspecified atom stereocenters. The second-order valence-corrected chi connectivity index (χ2v) is 2.80. The molecule has 1 N–H and O–H groups in total. The lowest BCUT2D eigenvalue weighted by Crippen LogP contribution is -1.73. The second-order valence-electron chi connectivity index (χ2n) is 2.05. The fraction of sp³-hybridized carbons (Fsp3) is 0. The van der Waals surface area contributed by atoms with E-state index in [1.807, 2.05) is 0 Å². The number of aromatic nitrogens is 3. The van der Waals surface area contributed by atoms with Gasteiger partial charge in [0.25, 0.3) is 0 Å².